The van der Waals surface area contributed by atoms with Crippen molar-refractivity contribution in [3.63, 3.8) is 0 Å². The van der Waals surface area contributed by atoms with Crippen LogP contribution in [0.1, 0.15) is 10.5 Å². The molecule has 8 nitrogen and oxygen atoms in total. The molecule has 1 aliphatic rings. The van der Waals surface area contributed by atoms with E-state index >= 15 is 0 Å². The van der Waals surface area contributed by atoms with Gasteiger partial charge in [0.15, 0.2) is 0 Å². The zero-order valence-corrected chi connectivity index (χ0v) is 12.4. The first-order chi connectivity index (χ1) is 9.99. The molecule has 1 amide bonds. The van der Waals surface area contributed by atoms with Gasteiger partial charge in [-0.15, -0.1) is 0 Å². The second kappa shape index (κ2) is 6.68. The Balaban J connectivity index is 1.93. The van der Waals surface area contributed by atoms with Crippen molar-refractivity contribution >= 4 is 11.6 Å². The molecular weight excluding hydrogens is 274 g/mol. The molecule has 1 fully saturated rings. The van der Waals surface area contributed by atoms with E-state index in [2.05, 4.69) is 10.2 Å². The summed E-state index contributed by atoms with van der Waals surface area (Å²) in [6.07, 6.45) is 1.36. The maximum Gasteiger partial charge on any atom is 0.287 e. The summed E-state index contributed by atoms with van der Waals surface area (Å²) in [7, 11) is 3.37. The number of carbonyl (C=O) groups excluding carboxylic acids is 1. The maximum atomic E-state index is 12.3. The minimum Gasteiger partial charge on any atom is -0.340 e. The van der Waals surface area contributed by atoms with Crippen molar-refractivity contribution in [3.8, 4) is 0 Å². The summed E-state index contributed by atoms with van der Waals surface area (Å²) in [6.45, 7) is 5.34. The van der Waals surface area contributed by atoms with Gasteiger partial charge < -0.3 is 14.8 Å². The fraction of sp³-hybridized carbons (Fsp3) is 0.615. The van der Waals surface area contributed by atoms with E-state index < -0.39 is 4.92 Å². The third-order valence-corrected chi connectivity index (χ3v) is 3.73. The summed E-state index contributed by atoms with van der Waals surface area (Å²) in [6, 6.07) is 1.32. The van der Waals surface area contributed by atoms with Gasteiger partial charge in [0, 0.05) is 59.4 Å². The Kier molecular flexibility index (Phi) is 4.92. The quantitative estimate of drug-likeness (QED) is 0.606. The number of nitrogens with one attached hydrogen (secondary N) is 1. The molecule has 0 radical (unpaired) electrons. The van der Waals surface area contributed by atoms with E-state index in [9.17, 15) is 14.9 Å². The van der Waals surface area contributed by atoms with Crippen molar-refractivity contribution in [2.75, 3.05) is 46.3 Å². The highest BCUT2D eigenvalue weighted by molar-refractivity contribution is 5.93. The molecule has 1 aromatic heterocycles. The largest absolute Gasteiger partial charge is 0.340 e. The standard InChI is InChI=1S/C13H21N5O3/c1-15(7-8-17-5-3-14-4-6-17)13(19)12-9-11(18(20)21)10-16(12)2/h9-10,14H,3-8H2,1-2H3. The van der Waals surface area contributed by atoms with Crippen LogP contribution in [-0.2, 0) is 7.05 Å². The summed E-state index contributed by atoms with van der Waals surface area (Å²) >= 11 is 0. The van der Waals surface area contributed by atoms with Crippen molar-refractivity contribution in [3.05, 3.63) is 28.1 Å². The van der Waals surface area contributed by atoms with E-state index in [1.807, 2.05) is 0 Å². The van der Waals surface area contributed by atoms with Crippen LogP contribution in [-0.4, -0.2) is 71.5 Å². The van der Waals surface area contributed by atoms with E-state index in [0.717, 1.165) is 32.7 Å². The number of rotatable bonds is 5. The lowest BCUT2D eigenvalue weighted by atomic mass is 10.3. The third kappa shape index (κ3) is 3.79. The average molecular weight is 295 g/mol. The normalized spacial score (nSPS) is 15.9. The molecule has 0 bridgehead atoms. The highest BCUT2D eigenvalue weighted by Crippen LogP contribution is 2.16. The van der Waals surface area contributed by atoms with Crippen LogP contribution in [0.5, 0.6) is 0 Å². The van der Waals surface area contributed by atoms with E-state index in [-0.39, 0.29) is 11.6 Å². The Morgan fingerprint density at radius 2 is 2.14 bits per heavy atom. The zero-order chi connectivity index (χ0) is 15.4. The lowest BCUT2D eigenvalue weighted by Crippen LogP contribution is -2.46. The number of nitro groups is 1. The van der Waals surface area contributed by atoms with Gasteiger partial charge in [-0.05, 0) is 0 Å². The molecule has 0 aliphatic carbocycles. The smallest absolute Gasteiger partial charge is 0.287 e. The fourth-order valence-corrected chi connectivity index (χ4v) is 2.38. The van der Waals surface area contributed by atoms with Crippen molar-refractivity contribution in [2.24, 2.45) is 7.05 Å². The van der Waals surface area contributed by atoms with Crippen molar-refractivity contribution in [1.29, 1.82) is 0 Å². The number of nitrogens with zero attached hydrogens (tertiary/aromatic N) is 4. The molecule has 2 heterocycles. The first-order valence-corrected chi connectivity index (χ1v) is 6.98. The van der Waals surface area contributed by atoms with Gasteiger partial charge in [-0.1, -0.05) is 0 Å². The van der Waals surface area contributed by atoms with Crippen LogP contribution in [0.2, 0.25) is 0 Å². The maximum absolute atomic E-state index is 12.3. The van der Waals surface area contributed by atoms with Gasteiger partial charge in [0.1, 0.15) is 5.69 Å². The first-order valence-electron chi connectivity index (χ1n) is 6.98. The second-order valence-corrected chi connectivity index (χ2v) is 5.27. The van der Waals surface area contributed by atoms with Gasteiger partial charge >= 0.3 is 0 Å². The number of likely N-dealkylation sites (N-methyl/N-ethyl adjacent to an activating group) is 1. The van der Waals surface area contributed by atoms with Crippen LogP contribution in [0.4, 0.5) is 5.69 Å². The summed E-state index contributed by atoms with van der Waals surface area (Å²) < 4.78 is 1.50. The fourth-order valence-electron chi connectivity index (χ4n) is 2.38. The minimum atomic E-state index is -0.489. The van der Waals surface area contributed by atoms with Gasteiger partial charge in [-0.2, -0.15) is 0 Å². The Labute approximate surface area is 123 Å². The molecule has 0 spiro atoms. The Morgan fingerprint density at radius 3 is 2.71 bits per heavy atom. The molecule has 0 atom stereocenters. The molecule has 2 rings (SSSR count). The molecule has 116 valence electrons. The van der Waals surface area contributed by atoms with E-state index in [1.165, 1.54) is 16.8 Å². The summed E-state index contributed by atoms with van der Waals surface area (Å²) in [4.78, 5) is 26.5. The SMILES string of the molecule is CN(CCN1CCNCC1)C(=O)c1cc([N+](=O)[O-])cn1C. The Bertz CT molecular complexity index is 522. The Hall–Kier alpha value is -1.93. The van der Waals surface area contributed by atoms with Crippen molar-refractivity contribution in [1.82, 2.24) is 19.7 Å². The molecule has 0 saturated carbocycles. The van der Waals surface area contributed by atoms with Gasteiger partial charge in [0.05, 0.1) is 11.1 Å². The number of hydrogen-bond acceptors (Lipinski definition) is 5. The minimum absolute atomic E-state index is 0.0589. The predicted octanol–water partition coefficient (Wildman–Crippen LogP) is -0.0895. The van der Waals surface area contributed by atoms with Gasteiger partial charge in [-0.3, -0.25) is 19.8 Å². The van der Waals surface area contributed by atoms with Gasteiger partial charge in [0.25, 0.3) is 11.6 Å². The molecule has 8 heteroatoms. The van der Waals surface area contributed by atoms with Crippen molar-refractivity contribution < 1.29 is 9.72 Å². The van der Waals surface area contributed by atoms with Crippen molar-refractivity contribution in [2.45, 2.75) is 0 Å². The lowest BCUT2D eigenvalue weighted by molar-refractivity contribution is -0.384. The summed E-state index contributed by atoms with van der Waals surface area (Å²) in [5, 5.41) is 14.0. The highest BCUT2D eigenvalue weighted by Gasteiger charge is 2.21. The molecule has 0 aromatic carbocycles. The van der Waals surface area contributed by atoms with Crippen LogP contribution in [0.15, 0.2) is 12.3 Å². The highest BCUT2D eigenvalue weighted by atomic mass is 16.6. The topological polar surface area (TPSA) is 83.7 Å². The Morgan fingerprint density at radius 1 is 1.48 bits per heavy atom. The molecule has 1 aromatic rings. The third-order valence-electron chi connectivity index (χ3n) is 3.73. The molecule has 1 saturated heterocycles. The predicted molar refractivity (Wildman–Crippen MR) is 78.3 cm³/mol. The average Bonchev–Trinajstić information content (AvgIpc) is 2.87. The van der Waals surface area contributed by atoms with Crippen LogP contribution >= 0.6 is 0 Å². The molecular formula is C13H21N5O3. The lowest BCUT2D eigenvalue weighted by Gasteiger charge is -2.29. The van der Waals surface area contributed by atoms with E-state index in [0.29, 0.717) is 12.2 Å². The molecule has 1 N–H and O–H groups in total. The van der Waals surface area contributed by atoms with Crippen LogP contribution in [0.3, 0.4) is 0 Å². The molecule has 1 aliphatic heterocycles. The molecule has 0 unspecified atom stereocenters. The zero-order valence-electron chi connectivity index (χ0n) is 12.4. The number of amides is 1. The number of hydrogen-bond donors (Lipinski definition) is 1. The van der Waals surface area contributed by atoms with Crippen LogP contribution < -0.4 is 5.32 Å². The number of piperazine rings is 1. The van der Waals surface area contributed by atoms with Crippen LogP contribution in [0, 0.1) is 10.1 Å². The van der Waals surface area contributed by atoms with E-state index in [1.54, 1.807) is 19.0 Å². The van der Waals surface area contributed by atoms with Crippen LogP contribution in [0.25, 0.3) is 0 Å². The monoisotopic (exact) mass is 295 g/mol. The summed E-state index contributed by atoms with van der Waals surface area (Å²) in [5.74, 6) is -0.194. The molecule has 21 heavy (non-hydrogen) atoms. The van der Waals surface area contributed by atoms with E-state index in [4.69, 9.17) is 0 Å². The van der Waals surface area contributed by atoms with Gasteiger partial charge in [-0.25, -0.2) is 0 Å². The number of aryl methyl sites for hydroxylation is 1. The first kappa shape index (κ1) is 15.5. The second-order valence-electron chi connectivity index (χ2n) is 5.27. The van der Waals surface area contributed by atoms with Gasteiger partial charge in [0.2, 0.25) is 0 Å². The number of carbonyl (C=O) groups is 1. The summed E-state index contributed by atoms with van der Waals surface area (Å²) in [5.41, 5.74) is 0.279. The number of aromatic nitrogens is 1.